The van der Waals surface area contributed by atoms with E-state index >= 15 is 0 Å². The van der Waals surface area contributed by atoms with Gasteiger partial charge < -0.3 is 10.1 Å². The van der Waals surface area contributed by atoms with Gasteiger partial charge in [-0.2, -0.15) is 8.78 Å². The number of nitrogens with one attached hydrogen (secondary N) is 1. The van der Waals surface area contributed by atoms with Crippen molar-refractivity contribution in [2.45, 2.75) is 50.9 Å². The van der Waals surface area contributed by atoms with E-state index in [0.717, 1.165) is 18.2 Å². The molecule has 1 saturated carbocycles. The SMILES string of the molecule is CC(NC1CCN(C2CC2)C1)c1ccc(OC(F)F)cc1. The van der Waals surface area contributed by atoms with E-state index < -0.39 is 6.61 Å². The third kappa shape index (κ3) is 3.92. The molecule has 2 fully saturated rings. The summed E-state index contributed by atoms with van der Waals surface area (Å²) in [6, 6.07) is 8.48. The van der Waals surface area contributed by atoms with Crippen LogP contribution in [0.1, 0.15) is 37.8 Å². The number of halogens is 2. The topological polar surface area (TPSA) is 24.5 Å². The highest BCUT2D eigenvalue weighted by molar-refractivity contribution is 5.29. The zero-order chi connectivity index (χ0) is 14.8. The van der Waals surface area contributed by atoms with Gasteiger partial charge in [-0.3, -0.25) is 4.90 Å². The van der Waals surface area contributed by atoms with Crippen LogP contribution in [0.2, 0.25) is 0 Å². The number of benzene rings is 1. The Hall–Kier alpha value is -1.20. The van der Waals surface area contributed by atoms with E-state index in [4.69, 9.17) is 0 Å². The molecule has 0 bridgehead atoms. The number of hydrogen-bond donors (Lipinski definition) is 1. The van der Waals surface area contributed by atoms with Crippen molar-refractivity contribution in [1.29, 1.82) is 0 Å². The van der Waals surface area contributed by atoms with Crippen LogP contribution >= 0.6 is 0 Å². The van der Waals surface area contributed by atoms with Crippen molar-refractivity contribution in [2.75, 3.05) is 13.1 Å². The second-order valence-electron chi connectivity index (χ2n) is 6.05. The molecule has 2 unspecified atom stereocenters. The van der Waals surface area contributed by atoms with Crippen LogP contribution in [0.4, 0.5) is 8.78 Å². The molecule has 1 aliphatic carbocycles. The maximum atomic E-state index is 12.1. The molecule has 3 nitrogen and oxygen atoms in total. The van der Waals surface area contributed by atoms with Gasteiger partial charge in [0.15, 0.2) is 0 Å². The minimum atomic E-state index is -2.77. The molecule has 1 aromatic rings. The summed E-state index contributed by atoms with van der Waals surface area (Å²) in [6.07, 6.45) is 3.90. The third-order valence-electron chi connectivity index (χ3n) is 4.37. The summed E-state index contributed by atoms with van der Waals surface area (Å²) < 4.78 is 28.6. The molecule has 116 valence electrons. The van der Waals surface area contributed by atoms with Gasteiger partial charge >= 0.3 is 6.61 Å². The normalized spacial score (nSPS) is 24.5. The molecule has 0 aromatic heterocycles. The second-order valence-corrected chi connectivity index (χ2v) is 6.05. The summed E-state index contributed by atoms with van der Waals surface area (Å²) in [5, 5.41) is 3.64. The summed E-state index contributed by atoms with van der Waals surface area (Å²) in [5.41, 5.74) is 1.10. The fraction of sp³-hybridized carbons (Fsp3) is 0.625. The van der Waals surface area contributed by atoms with E-state index in [2.05, 4.69) is 21.9 Å². The number of alkyl halides is 2. The maximum Gasteiger partial charge on any atom is 0.387 e. The highest BCUT2D eigenvalue weighted by Gasteiger charge is 2.34. The number of ether oxygens (including phenoxy) is 1. The number of hydrogen-bond acceptors (Lipinski definition) is 3. The van der Waals surface area contributed by atoms with Gasteiger partial charge in [0.05, 0.1) is 0 Å². The monoisotopic (exact) mass is 296 g/mol. The lowest BCUT2D eigenvalue weighted by atomic mass is 10.1. The zero-order valence-corrected chi connectivity index (χ0v) is 12.3. The van der Waals surface area contributed by atoms with Gasteiger partial charge in [0.25, 0.3) is 0 Å². The molecule has 1 aliphatic heterocycles. The van der Waals surface area contributed by atoms with Gasteiger partial charge in [0.2, 0.25) is 0 Å². The molecule has 1 N–H and O–H groups in total. The minimum Gasteiger partial charge on any atom is -0.435 e. The molecule has 3 rings (SSSR count). The Morgan fingerprint density at radius 1 is 1.19 bits per heavy atom. The Morgan fingerprint density at radius 2 is 1.90 bits per heavy atom. The lowest BCUT2D eigenvalue weighted by Crippen LogP contribution is -2.34. The molecular weight excluding hydrogens is 274 g/mol. The second kappa shape index (κ2) is 6.28. The van der Waals surface area contributed by atoms with Crippen LogP contribution < -0.4 is 10.1 Å². The third-order valence-corrected chi connectivity index (χ3v) is 4.37. The molecule has 1 saturated heterocycles. The first-order chi connectivity index (χ1) is 10.1. The van der Waals surface area contributed by atoms with E-state index in [0.29, 0.717) is 6.04 Å². The summed E-state index contributed by atoms with van der Waals surface area (Å²) in [6.45, 7) is 1.67. The maximum absolute atomic E-state index is 12.1. The zero-order valence-electron chi connectivity index (χ0n) is 12.3. The lowest BCUT2D eigenvalue weighted by molar-refractivity contribution is -0.0498. The first-order valence-electron chi connectivity index (χ1n) is 7.66. The number of likely N-dealkylation sites (tertiary alicyclic amines) is 1. The molecule has 0 amide bonds. The van der Waals surface area contributed by atoms with Gasteiger partial charge in [-0.15, -0.1) is 0 Å². The summed E-state index contributed by atoms with van der Waals surface area (Å²) in [4.78, 5) is 2.57. The van der Waals surface area contributed by atoms with E-state index in [9.17, 15) is 8.78 Å². The first-order valence-corrected chi connectivity index (χ1v) is 7.66. The minimum absolute atomic E-state index is 0.210. The van der Waals surface area contributed by atoms with Crippen molar-refractivity contribution in [3.63, 3.8) is 0 Å². The molecule has 2 aliphatic rings. The largest absolute Gasteiger partial charge is 0.435 e. The summed E-state index contributed by atoms with van der Waals surface area (Å²) in [5.74, 6) is 0.210. The van der Waals surface area contributed by atoms with E-state index in [-0.39, 0.29) is 11.8 Å². The summed E-state index contributed by atoms with van der Waals surface area (Å²) >= 11 is 0. The van der Waals surface area contributed by atoms with Gasteiger partial charge in [-0.05, 0) is 43.9 Å². The van der Waals surface area contributed by atoms with Crippen molar-refractivity contribution in [3.8, 4) is 5.75 Å². The number of rotatable bonds is 6. The molecule has 0 radical (unpaired) electrons. The van der Waals surface area contributed by atoms with Gasteiger partial charge in [0.1, 0.15) is 5.75 Å². The molecule has 2 atom stereocenters. The van der Waals surface area contributed by atoms with Crippen molar-refractivity contribution in [3.05, 3.63) is 29.8 Å². The van der Waals surface area contributed by atoms with Crippen molar-refractivity contribution >= 4 is 0 Å². The Labute approximate surface area is 124 Å². The van der Waals surface area contributed by atoms with Crippen LogP contribution in [0, 0.1) is 0 Å². The Kier molecular flexibility index (Phi) is 4.40. The molecule has 5 heteroatoms. The van der Waals surface area contributed by atoms with E-state index in [1.54, 1.807) is 12.1 Å². The average Bonchev–Trinajstić information content (AvgIpc) is 3.20. The van der Waals surface area contributed by atoms with Gasteiger partial charge in [0, 0.05) is 31.2 Å². The quantitative estimate of drug-likeness (QED) is 0.872. The highest BCUT2D eigenvalue weighted by atomic mass is 19.3. The Bertz CT molecular complexity index is 462. The van der Waals surface area contributed by atoms with Crippen LogP contribution in [-0.2, 0) is 0 Å². The van der Waals surface area contributed by atoms with E-state index in [1.165, 1.54) is 25.8 Å². The van der Waals surface area contributed by atoms with Crippen LogP contribution in [0.3, 0.4) is 0 Å². The van der Waals surface area contributed by atoms with E-state index in [1.807, 2.05) is 12.1 Å². The van der Waals surface area contributed by atoms with Crippen molar-refractivity contribution in [2.24, 2.45) is 0 Å². The van der Waals surface area contributed by atoms with Gasteiger partial charge in [-0.25, -0.2) is 0 Å². The Morgan fingerprint density at radius 3 is 2.52 bits per heavy atom. The smallest absolute Gasteiger partial charge is 0.387 e. The molecule has 1 aromatic carbocycles. The van der Waals surface area contributed by atoms with Crippen LogP contribution in [0.15, 0.2) is 24.3 Å². The van der Waals surface area contributed by atoms with Crippen LogP contribution in [0.5, 0.6) is 5.75 Å². The average molecular weight is 296 g/mol. The highest BCUT2D eigenvalue weighted by Crippen LogP contribution is 2.30. The van der Waals surface area contributed by atoms with Gasteiger partial charge in [-0.1, -0.05) is 12.1 Å². The fourth-order valence-electron chi connectivity index (χ4n) is 3.08. The predicted octanol–water partition coefficient (Wildman–Crippen LogP) is 3.18. The molecule has 1 heterocycles. The first kappa shape index (κ1) is 14.7. The predicted molar refractivity (Wildman–Crippen MR) is 77.6 cm³/mol. The molecular formula is C16H22F2N2O. The lowest BCUT2D eigenvalue weighted by Gasteiger charge is -2.21. The molecule has 21 heavy (non-hydrogen) atoms. The number of nitrogens with zero attached hydrogens (tertiary/aromatic N) is 1. The van der Waals surface area contributed by atoms with Crippen LogP contribution in [-0.4, -0.2) is 36.7 Å². The molecule has 0 spiro atoms. The van der Waals surface area contributed by atoms with Crippen molar-refractivity contribution < 1.29 is 13.5 Å². The van der Waals surface area contributed by atoms with Crippen molar-refractivity contribution in [1.82, 2.24) is 10.2 Å². The standard InChI is InChI=1S/C16H22F2N2O/c1-11(12-2-6-15(7-3-12)21-16(17)18)19-13-8-9-20(10-13)14-4-5-14/h2-3,6-7,11,13-14,16,19H,4-5,8-10H2,1H3. The Balaban J connectivity index is 1.51. The van der Waals surface area contributed by atoms with Crippen LogP contribution in [0.25, 0.3) is 0 Å². The summed E-state index contributed by atoms with van der Waals surface area (Å²) in [7, 11) is 0. The fourth-order valence-corrected chi connectivity index (χ4v) is 3.08.